The number of amides is 1. The lowest BCUT2D eigenvalue weighted by Gasteiger charge is -2.20. The number of aliphatic hydroxyl groups is 1. The van der Waals surface area contributed by atoms with Gasteiger partial charge in [0.2, 0.25) is 17.8 Å². The number of aromatic nitrogens is 10. The number of aliphatic hydroxyl groups excluding tert-OH is 1. The maximum atomic E-state index is 12.8. The van der Waals surface area contributed by atoms with Crippen molar-refractivity contribution in [1.82, 2.24) is 50.5 Å². The molecule has 0 bridgehead atoms. The Kier molecular flexibility index (Phi) is 15.6. The zero-order valence-corrected chi connectivity index (χ0v) is 30.7. The number of hydrogen-bond acceptors (Lipinski definition) is 17. The van der Waals surface area contributed by atoms with Crippen molar-refractivity contribution in [3.05, 3.63) is 71.5 Å². The minimum absolute atomic E-state index is 0.00175. The molecule has 1 saturated heterocycles. The highest BCUT2D eigenvalue weighted by molar-refractivity contribution is 9.93. The van der Waals surface area contributed by atoms with Crippen LogP contribution in [-0.2, 0) is 0 Å². The number of hydrogen-bond donors (Lipinski definition) is 5. The number of rotatable bonds is 6. The standard InChI is InChI=1S/C20H18ClF2N7O3.C3H3BrN4.C3H4N4.Br2/c21-20(22,23)33-14-3-1-12(2-4-14)27-18(32)11-7-15(16-9-26-19(24)29-28-16)17(25-8-11)30-6-5-13(31)10-30;4-2-1-6-3(5)8-7-2;4-3-5-1-2-6-7-3;1-2/h1-4,7-9,13,31H,5-6,10H2,(H,27,32)(H2,24,26,29);1H,(H2,5,6,8);1-2H,(H2,4,5,7);/t13-;;;/m1.../s1. The Balaban J connectivity index is 0.000000324. The summed E-state index contributed by atoms with van der Waals surface area (Å²) in [6.07, 6.45) is 7.36. The molecule has 50 heavy (non-hydrogen) atoms. The summed E-state index contributed by atoms with van der Waals surface area (Å²) in [5.74, 6) is 0.259. The molecule has 5 aromatic rings. The van der Waals surface area contributed by atoms with Crippen molar-refractivity contribution in [2.45, 2.75) is 18.1 Å². The van der Waals surface area contributed by atoms with Crippen molar-refractivity contribution < 1.29 is 23.4 Å². The van der Waals surface area contributed by atoms with Gasteiger partial charge >= 0.3 is 5.57 Å². The van der Waals surface area contributed by atoms with Crippen LogP contribution < -0.4 is 32.2 Å². The number of nitrogen functional groups attached to an aromatic ring is 3. The van der Waals surface area contributed by atoms with Crippen molar-refractivity contribution in [2.75, 3.05) is 40.5 Å². The van der Waals surface area contributed by atoms with Crippen LogP contribution in [-0.4, -0.2) is 86.3 Å². The Morgan fingerprint density at radius 1 is 0.940 bits per heavy atom. The molecule has 1 aliphatic heterocycles. The summed E-state index contributed by atoms with van der Waals surface area (Å²) in [6, 6.07) is 6.84. The molecule has 6 rings (SSSR count). The molecule has 4 aromatic heterocycles. The zero-order valence-electron chi connectivity index (χ0n) is 25.2. The third-order valence-electron chi connectivity index (χ3n) is 5.84. The molecular weight excluding hydrogens is 884 g/mol. The largest absolute Gasteiger partial charge is 0.487 e. The number of nitrogens with zero attached hydrogens (tertiary/aromatic N) is 11. The van der Waals surface area contributed by atoms with Gasteiger partial charge < -0.3 is 37.3 Å². The average Bonchev–Trinajstić information content (AvgIpc) is 3.54. The van der Waals surface area contributed by atoms with E-state index in [1.165, 1.54) is 55.2 Å². The van der Waals surface area contributed by atoms with Gasteiger partial charge in [0.15, 0.2) is 0 Å². The summed E-state index contributed by atoms with van der Waals surface area (Å²) in [6.45, 7) is 0.968. The predicted octanol–water partition coefficient (Wildman–Crippen LogP) is 3.87. The molecule has 5 heterocycles. The summed E-state index contributed by atoms with van der Waals surface area (Å²) in [5, 5.41) is 34.2. The quantitative estimate of drug-likeness (QED) is 0.151. The fourth-order valence-electron chi connectivity index (χ4n) is 3.83. The van der Waals surface area contributed by atoms with Crippen LogP contribution in [0.3, 0.4) is 0 Å². The van der Waals surface area contributed by atoms with Crippen molar-refractivity contribution in [1.29, 1.82) is 0 Å². The number of benzene rings is 1. The molecule has 1 fully saturated rings. The Morgan fingerprint density at radius 3 is 2.08 bits per heavy atom. The topological polar surface area (TPSA) is 269 Å². The third kappa shape index (κ3) is 13.4. The van der Waals surface area contributed by atoms with E-state index in [4.69, 9.17) is 28.8 Å². The van der Waals surface area contributed by atoms with Gasteiger partial charge in [-0.1, -0.05) is 0 Å². The first-order valence-electron chi connectivity index (χ1n) is 13.6. The van der Waals surface area contributed by atoms with E-state index in [2.05, 4.69) is 105 Å². The van der Waals surface area contributed by atoms with Crippen LogP contribution in [0.25, 0.3) is 11.3 Å². The summed E-state index contributed by atoms with van der Waals surface area (Å²) in [4.78, 5) is 30.3. The van der Waals surface area contributed by atoms with Crippen molar-refractivity contribution >= 4 is 91.0 Å². The van der Waals surface area contributed by atoms with Crippen LogP contribution in [0.15, 0.2) is 65.9 Å². The first kappa shape index (κ1) is 39.9. The summed E-state index contributed by atoms with van der Waals surface area (Å²) in [7, 11) is 0. The van der Waals surface area contributed by atoms with Gasteiger partial charge in [-0.25, -0.2) is 19.9 Å². The molecule has 18 nitrogen and oxygen atoms in total. The molecule has 1 aliphatic rings. The Hall–Kier alpha value is -4.58. The Labute approximate surface area is 310 Å². The summed E-state index contributed by atoms with van der Waals surface area (Å²) < 4.78 is 30.3. The molecule has 1 aromatic carbocycles. The van der Waals surface area contributed by atoms with Crippen molar-refractivity contribution in [3.63, 3.8) is 0 Å². The molecule has 0 saturated carbocycles. The number of ether oxygens (including phenoxy) is 1. The number of carbonyl (C=O) groups excluding carboxylic acids is 1. The normalized spacial score (nSPS) is 13.3. The average molecular weight is 909 g/mol. The van der Waals surface area contributed by atoms with E-state index in [1.807, 2.05) is 4.90 Å². The lowest BCUT2D eigenvalue weighted by atomic mass is 10.1. The van der Waals surface area contributed by atoms with Gasteiger partial charge in [0.1, 0.15) is 21.9 Å². The smallest absolute Gasteiger partial charge is 0.420 e. The van der Waals surface area contributed by atoms with Crippen molar-refractivity contribution in [3.8, 4) is 17.0 Å². The number of pyridine rings is 1. The molecule has 1 atom stereocenters. The van der Waals surface area contributed by atoms with Crippen LogP contribution in [0, 0.1) is 0 Å². The van der Waals surface area contributed by atoms with E-state index < -0.39 is 17.6 Å². The van der Waals surface area contributed by atoms with Crippen LogP contribution >= 0.6 is 55.8 Å². The first-order valence-corrected chi connectivity index (χ1v) is 18.4. The number of carbonyl (C=O) groups is 1. The van der Waals surface area contributed by atoms with E-state index >= 15 is 0 Å². The molecule has 1 amide bonds. The van der Waals surface area contributed by atoms with Gasteiger partial charge in [0.25, 0.3) is 5.91 Å². The van der Waals surface area contributed by atoms with Crippen LogP contribution in [0.4, 0.5) is 38.1 Å². The molecule has 0 radical (unpaired) electrons. The van der Waals surface area contributed by atoms with Gasteiger partial charge in [-0.3, -0.25) is 4.79 Å². The number of alkyl halides is 3. The minimum atomic E-state index is -3.83. The van der Waals surface area contributed by atoms with E-state index in [-0.39, 0.29) is 29.2 Å². The number of β-amino-alcohol motifs (C(OH)–C–C–N with tert-alkyl or cyclic N) is 1. The fourth-order valence-corrected chi connectivity index (χ4v) is 4.11. The summed E-state index contributed by atoms with van der Waals surface area (Å²) in [5.41, 5.74) is 13.3. The molecule has 0 aliphatic carbocycles. The van der Waals surface area contributed by atoms with Crippen molar-refractivity contribution in [2.24, 2.45) is 0 Å². The Bertz CT molecular complexity index is 1760. The van der Waals surface area contributed by atoms with Gasteiger partial charge in [0, 0.05) is 70.4 Å². The number of halogens is 6. The lowest BCUT2D eigenvalue weighted by Crippen LogP contribution is -2.23. The van der Waals surface area contributed by atoms with Gasteiger partial charge in [-0.05, 0) is 52.7 Å². The first-order chi connectivity index (χ1) is 23.9. The minimum Gasteiger partial charge on any atom is -0.420 e. The highest BCUT2D eigenvalue weighted by Crippen LogP contribution is 2.31. The number of anilines is 5. The molecule has 0 unspecified atom stereocenters. The second-order valence-electron chi connectivity index (χ2n) is 9.35. The number of nitrogens with two attached hydrogens (primary N) is 3. The monoisotopic (exact) mass is 905 g/mol. The maximum absolute atomic E-state index is 12.8. The number of nitrogens with one attached hydrogen (secondary N) is 1. The van der Waals surface area contributed by atoms with Crippen LogP contribution in [0.2, 0.25) is 0 Å². The predicted molar refractivity (Wildman–Crippen MR) is 190 cm³/mol. The molecule has 24 heteroatoms. The highest BCUT2D eigenvalue weighted by Gasteiger charge is 2.28. The van der Waals surface area contributed by atoms with E-state index in [9.17, 15) is 18.7 Å². The van der Waals surface area contributed by atoms with E-state index in [0.717, 1.165) is 0 Å². The van der Waals surface area contributed by atoms with E-state index in [1.54, 1.807) is 6.07 Å². The molecule has 8 N–H and O–H groups in total. The van der Waals surface area contributed by atoms with Gasteiger partial charge in [-0.15, -0.1) is 34.3 Å². The van der Waals surface area contributed by atoms with Gasteiger partial charge in [-0.2, -0.15) is 5.10 Å². The van der Waals surface area contributed by atoms with E-state index in [0.29, 0.717) is 46.9 Å². The molecule has 264 valence electrons. The SMILES string of the molecule is BrBr.Nc1ncc(-c2cc(C(=O)Nc3ccc(OC(F)(F)Cl)cc3)cnc2N2CC[C@@H](O)C2)nn1.Nc1ncc(Br)nn1.Nc1nccnn1. The second kappa shape index (κ2) is 19.6. The van der Waals surface area contributed by atoms with Crippen LogP contribution in [0.5, 0.6) is 5.75 Å². The maximum Gasteiger partial charge on any atom is 0.487 e. The zero-order chi connectivity index (χ0) is 36.7. The second-order valence-corrected chi connectivity index (χ2v) is 10.6. The third-order valence-corrected chi connectivity index (χ3v) is 6.28. The Morgan fingerprint density at radius 2 is 1.60 bits per heavy atom. The molecular formula is C26H25Br3ClF2N15O3. The lowest BCUT2D eigenvalue weighted by molar-refractivity contribution is -0.0964. The molecule has 0 spiro atoms. The fraction of sp³-hybridized carbons (Fsp3) is 0.192. The highest BCUT2D eigenvalue weighted by atomic mass is 80.9. The van der Waals surface area contributed by atoms with Crippen LogP contribution in [0.1, 0.15) is 16.8 Å². The van der Waals surface area contributed by atoms with Gasteiger partial charge in [0.05, 0.1) is 36.5 Å². The summed E-state index contributed by atoms with van der Waals surface area (Å²) >= 11 is 13.3.